The maximum Gasteiger partial charge on any atom is 0.270 e. The lowest BCUT2D eigenvalue weighted by Gasteiger charge is -2.32. The molecule has 3 aromatic rings. The summed E-state index contributed by atoms with van der Waals surface area (Å²) in [4.78, 5) is 44.0. The Morgan fingerprint density at radius 2 is 1.35 bits per heavy atom. The first kappa shape index (κ1) is 38.3. The first-order valence-electron chi connectivity index (χ1n) is 16.4. The summed E-state index contributed by atoms with van der Waals surface area (Å²) in [6.07, 6.45) is 0.286. The van der Waals surface area contributed by atoms with Crippen LogP contribution in [0.25, 0.3) is 0 Å². The number of carbonyl (C=O) groups excluding carboxylic acids is 3. The standard InChI is InChI=1S/C36H48N4O7S/c1-4-14-28(15-5-2)48(46,47)24-31(40-35(44)29-20-12-13-21-37-29)36(45)39-30(22-26-16-8-6-9-17-26)33(42)32(41)25(3)34(43)38-23-27-18-10-7-11-19-27/h6-13,16-21,25,28,30-33,41-42H,4-5,14-15,22-24H2,1-3H3,(H,38,43)(H,39,45)(H,40,44)/t25-,30+,31?,32-,33-/m1/s1. The monoisotopic (exact) mass is 680 g/mol. The lowest BCUT2D eigenvalue weighted by atomic mass is 9.90. The predicted molar refractivity (Wildman–Crippen MR) is 184 cm³/mol. The number of rotatable bonds is 19. The van der Waals surface area contributed by atoms with Crippen LogP contribution in [0.4, 0.5) is 0 Å². The lowest BCUT2D eigenvalue weighted by molar-refractivity contribution is -0.133. The molecule has 1 unspecified atom stereocenters. The van der Waals surface area contributed by atoms with E-state index in [1.165, 1.54) is 19.2 Å². The molecule has 260 valence electrons. The lowest BCUT2D eigenvalue weighted by Crippen LogP contribution is -2.58. The third-order valence-corrected chi connectivity index (χ3v) is 10.6. The van der Waals surface area contributed by atoms with E-state index in [2.05, 4.69) is 20.9 Å². The van der Waals surface area contributed by atoms with Gasteiger partial charge in [0.05, 0.1) is 29.1 Å². The summed E-state index contributed by atoms with van der Waals surface area (Å²) in [6.45, 7) is 5.46. The molecule has 11 nitrogen and oxygen atoms in total. The third-order valence-electron chi connectivity index (χ3n) is 8.27. The Kier molecular flexibility index (Phi) is 15.2. The topological polar surface area (TPSA) is 175 Å². The van der Waals surface area contributed by atoms with Crippen LogP contribution < -0.4 is 16.0 Å². The van der Waals surface area contributed by atoms with Crippen LogP contribution in [0.15, 0.2) is 85.1 Å². The molecule has 2 aromatic carbocycles. The van der Waals surface area contributed by atoms with Gasteiger partial charge in [-0.1, -0.05) is 100 Å². The molecule has 0 fully saturated rings. The Labute approximate surface area is 283 Å². The predicted octanol–water partition coefficient (Wildman–Crippen LogP) is 2.97. The van der Waals surface area contributed by atoms with Crippen molar-refractivity contribution in [2.24, 2.45) is 5.92 Å². The Balaban J connectivity index is 1.87. The van der Waals surface area contributed by atoms with E-state index in [9.17, 15) is 33.0 Å². The molecule has 0 aliphatic rings. The number of aromatic nitrogens is 1. The summed E-state index contributed by atoms with van der Waals surface area (Å²) >= 11 is 0. The summed E-state index contributed by atoms with van der Waals surface area (Å²) in [5, 5.41) is 29.9. The molecule has 3 amide bonds. The molecule has 3 rings (SSSR count). The highest BCUT2D eigenvalue weighted by Crippen LogP contribution is 2.19. The van der Waals surface area contributed by atoms with Gasteiger partial charge in [0.2, 0.25) is 11.8 Å². The third kappa shape index (κ3) is 11.5. The van der Waals surface area contributed by atoms with Crippen molar-refractivity contribution in [3.63, 3.8) is 0 Å². The fraction of sp³-hybridized carbons (Fsp3) is 0.444. The molecular weight excluding hydrogens is 632 g/mol. The number of pyridine rings is 1. The van der Waals surface area contributed by atoms with Crippen LogP contribution in [-0.4, -0.2) is 76.6 Å². The zero-order chi connectivity index (χ0) is 35.1. The first-order chi connectivity index (χ1) is 23.0. The number of aliphatic hydroxyl groups excluding tert-OH is 2. The maximum atomic E-state index is 13.9. The van der Waals surface area contributed by atoms with Crippen molar-refractivity contribution in [3.8, 4) is 0 Å². The van der Waals surface area contributed by atoms with Gasteiger partial charge in [0, 0.05) is 12.7 Å². The number of nitrogens with one attached hydrogen (secondary N) is 3. The highest BCUT2D eigenvalue weighted by atomic mass is 32.2. The minimum Gasteiger partial charge on any atom is -0.390 e. The zero-order valence-corrected chi connectivity index (χ0v) is 28.6. The number of sulfone groups is 1. The highest BCUT2D eigenvalue weighted by molar-refractivity contribution is 7.92. The minimum atomic E-state index is -3.86. The molecule has 5 N–H and O–H groups in total. The summed E-state index contributed by atoms with van der Waals surface area (Å²) in [5.74, 6) is -3.83. The van der Waals surface area contributed by atoms with Gasteiger partial charge >= 0.3 is 0 Å². The van der Waals surface area contributed by atoms with Crippen molar-refractivity contribution in [2.45, 2.75) is 89.0 Å². The van der Waals surface area contributed by atoms with Crippen LogP contribution >= 0.6 is 0 Å². The van der Waals surface area contributed by atoms with Gasteiger partial charge in [-0.2, -0.15) is 0 Å². The van der Waals surface area contributed by atoms with Gasteiger partial charge in [-0.15, -0.1) is 0 Å². The second-order valence-corrected chi connectivity index (χ2v) is 14.4. The van der Waals surface area contributed by atoms with Crippen LogP contribution in [0, 0.1) is 5.92 Å². The molecule has 0 saturated carbocycles. The second kappa shape index (κ2) is 19.0. The summed E-state index contributed by atoms with van der Waals surface area (Å²) < 4.78 is 27.2. The number of nitrogens with zero attached hydrogens (tertiary/aromatic N) is 1. The molecule has 0 aliphatic carbocycles. The molecule has 0 bridgehead atoms. The highest BCUT2D eigenvalue weighted by Gasteiger charge is 2.38. The van der Waals surface area contributed by atoms with E-state index >= 15 is 0 Å². The van der Waals surface area contributed by atoms with Crippen molar-refractivity contribution >= 4 is 27.6 Å². The molecule has 12 heteroatoms. The number of hydrogen-bond acceptors (Lipinski definition) is 8. The van der Waals surface area contributed by atoms with Gasteiger partial charge in [0.15, 0.2) is 9.84 Å². The van der Waals surface area contributed by atoms with E-state index in [-0.39, 0.29) is 18.7 Å². The molecule has 5 atom stereocenters. The van der Waals surface area contributed by atoms with E-state index in [1.54, 1.807) is 42.5 Å². The minimum absolute atomic E-state index is 0.00185. The molecule has 0 saturated heterocycles. The average Bonchev–Trinajstić information content (AvgIpc) is 3.10. The SMILES string of the molecule is CCCC(CCC)S(=O)(=O)CC(NC(=O)c1ccccn1)C(=O)N[C@@H](Cc1ccccc1)[C@@H](O)[C@H](O)[C@@H](C)C(=O)NCc1ccccc1. The van der Waals surface area contributed by atoms with E-state index < -0.39 is 68.8 Å². The molecule has 1 heterocycles. The van der Waals surface area contributed by atoms with Gasteiger partial charge in [0.25, 0.3) is 5.91 Å². The van der Waals surface area contributed by atoms with Crippen LogP contribution in [0.1, 0.15) is 68.1 Å². The average molecular weight is 681 g/mol. The number of aliphatic hydroxyl groups is 2. The molecule has 0 aliphatic heterocycles. The molecule has 1 aromatic heterocycles. The summed E-state index contributed by atoms with van der Waals surface area (Å²) in [7, 11) is -3.86. The van der Waals surface area contributed by atoms with E-state index in [4.69, 9.17) is 0 Å². The maximum absolute atomic E-state index is 13.9. The molecule has 0 radical (unpaired) electrons. The molecular formula is C36H48N4O7S. The van der Waals surface area contributed by atoms with Crippen molar-refractivity contribution in [3.05, 3.63) is 102 Å². The van der Waals surface area contributed by atoms with Crippen LogP contribution in [0.5, 0.6) is 0 Å². The smallest absolute Gasteiger partial charge is 0.270 e. The van der Waals surface area contributed by atoms with Gasteiger partial charge in [-0.3, -0.25) is 19.4 Å². The van der Waals surface area contributed by atoms with Crippen LogP contribution in [0.3, 0.4) is 0 Å². The van der Waals surface area contributed by atoms with Crippen molar-refractivity contribution < 1.29 is 33.0 Å². The van der Waals surface area contributed by atoms with Gasteiger partial charge in [-0.25, -0.2) is 8.42 Å². The fourth-order valence-electron chi connectivity index (χ4n) is 5.47. The van der Waals surface area contributed by atoms with E-state index in [0.717, 1.165) is 5.56 Å². The van der Waals surface area contributed by atoms with Crippen molar-refractivity contribution in [1.29, 1.82) is 0 Å². The Morgan fingerprint density at radius 3 is 1.92 bits per heavy atom. The Morgan fingerprint density at radius 1 is 0.771 bits per heavy atom. The van der Waals surface area contributed by atoms with Gasteiger partial charge in [0.1, 0.15) is 17.8 Å². The number of benzene rings is 2. The van der Waals surface area contributed by atoms with Crippen LogP contribution in [0.2, 0.25) is 0 Å². The largest absolute Gasteiger partial charge is 0.390 e. The summed E-state index contributed by atoms with van der Waals surface area (Å²) in [6, 6.07) is 20.1. The second-order valence-electron chi connectivity index (χ2n) is 12.0. The first-order valence-corrected chi connectivity index (χ1v) is 18.1. The number of amides is 3. The van der Waals surface area contributed by atoms with Gasteiger partial charge < -0.3 is 26.2 Å². The Hall–Kier alpha value is -4.13. The van der Waals surface area contributed by atoms with Crippen molar-refractivity contribution in [2.75, 3.05) is 5.75 Å². The summed E-state index contributed by atoms with van der Waals surface area (Å²) in [5.41, 5.74) is 1.57. The number of hydrogen-bond donors (Lipinski definition) is 5. The number of carbonyl (C=O) groups is 3. The normalized spacial score (nSPS) is 14.7. The van der Waals surface area contributed by atoms with Gasteiger partial charge in [-0.05, 0) is 42.5 Å². The van der Waals surface area contributed by atoms with E-state index in [0.29, 0.717) is 31.2 Å². The van der Waals surface area contributed by atoms with E-state index in [1.807, 2.05) is 44.2 Å². The van der Waals surface area contributed by atoms with Crippen molar-refractivity contribution in [1.82, 2.24) is 20.9 Å². The van der Waals surface area contributed by atoms with Crippen LogP contribution in [-0.2, 0) is 32.4 Å². The Bertz CT molecular complexity index is 1540. The fourth-order valence-corrected chi connectivity index (χ4v) is 7.63. The zero-order valence-electron chi connectivity index (χ0n) is 27.8. The quantitative estimate of drug-likeness (QED) is 0.128. The molecule has 48 heavy (non-hydrogen) atoms. The molecule has 0 spiro atoms.